The highest BCUT2D eigenvalue weighted by atomic mass is 14.9. The fourth-order valence-corrected chi connectivity index (χ4v) is 2.59. The normalized spacial score (nSPS) is 20.3. The summed E-state index contributed by atoms with van der Waals surface area (Å²) >= 11 is 0. The molecule has 0 bridgehead atoms. The van der Waals surface area contributed by atoms with Crippen molar-refractivity contribution in [3.05, 3.63) is 18.2 Å². The van der Waals surface area contributed by atoms with Crippen molar-refractivity contribution < 1.29 is 0 Å². The Morgan fingerprint density at radius 1 is 1.40 bits per heavy atom. The Kier molecular flexibility index (Phi) is 3.78. The molecule has 3 N–H and O–H groups in total. The molecule has 15 heavy (non-hydrogen) atoms. The van der Waals surface area contributed by atoms with Crippen molar-refractivity contribution >= 4 is 0 Å². The molecule has 1 aromatic heterocycles. The van der Waals surface area contributed by atoms with Crippen LogP contribution in [0.2, 0.25) is 0 Å². The number of aromatic nitrogens is 2. The zero-order valence-corrected chi connectivity index (χ0v) is 9.28. The van der Waals surface area contributed by atoms with E-state index in [1.807, 2.05) is 6.20 Å². The van der Waals surface area contributed by atoms with Gasteiger partial charge in [0.15, 0.2) is 0 Å². The van der Waals surface area contributed by atoms with E-state index in [2.05, 4.69) is 9.97 Å². The van der Waals surface area contributed by atoms with Gasteiger partial charge in [0.05, 0.1) is 0 Å². The molecule has 1 fully saturated rings. The molecule has 1 unspecified atom stereocenters. The zero-order chi connectivity index (χ0) is 10.5. The number of nitrogens with zero attached hydrogens (tertiary/aromatic N) is 1. The van der Waals surface area contributed by atoms with Gasteiger partial charge in [-0.1, -0.05) is 32.1 Å². The Morgan fingerprint density at radius 2 is 2.20 bits per heavy atom. The predicted octanol–water partition coefficient (Wildman–Crippen LogP) is 2.25. The number of aromatic amines is 1. The summed E-state index contributed by atoms with van der Waals surface area (Å²) < 4.78 is 0. The minimum atomic E-state index is 0.277. The first kappa shape index (κ1) is 10.7. The van der Waals surface area contributed by atoms with Gasteiger partial charge in [-0.05, 0) is 12.3 Å². The molecule has 1 heterocycles. The van der Waals surface area contributed by atoms with Gasteiger partial charge in [0.25, 0.3) is 0 Å². The highest BCUT2D eigenvalue weighted by Crippen LogP contribution is 2.27. The minimum Gasteiger partial charge on any atom is -0.349 e. The third kappa shape index (κ3) is 3.34. The van der Waals surface area contributed by atoms with Crippen molar-refractivity contribution in [3.8, 4) is 0 Å². The topological polar surface area (TPSA) is 54.7 Å². The molecule has 3 nitrogen and oxygen atoms in total. The van der Waals surface area contributed by atoms with Crippen LogP contribution in [0.5, 0.6) is 0 Å². The highest BCUT2D eigenvalue weighted by Gasteiger charge is 2.17. The van der Waals surface area contributed by atoms with E-state index in [0.29, 0.717) is 0 Å². The lowest BCUT2D eigenvalue weighted by molar-refractivity contribution is 0.316. The van der Waals surface area contributed by atoms with E-state index in [0.717, 1.165) is 18.2 Å². The van der Waals surface area contributed by atoms with E-state index in [4.69, 9.17) is 5.73 Å². The third-order valence-corrected chi connectivity index (χ3v) is 3.37. The summed E-state index contributed by atoms with van der Waals surface area (Å²) in [6.45, 7) is 0. The second-order valence-electron chi connectivity index (χ2n) is 4.74. The standard InChI is InChI=1S/C12H21N3/c13-11(9-12-14-6-7-15-12)8-10-4-2-1-3-5-10/h6-7,10-11H,1-5,8-9,13H2,(H,14,15). The van der Waals surface area contributed by atoms with Crippen molar-refractivity contribution in [1.29, 1.82) is 0 Å². The van der Waals surface area contributed by atoms with Crippen molar-refractivity contribution in [1.82, 2.24) is 9.97 Å². The van der Waals surface area contributed by atoms with E-state index in [1.54, 1.807) is 6.20 Å². The molecular formula is C12H21N3. The number of H-pyrrole nitrogens is 1. The lowest BCUT2D eigenvalue weighted by Gasteiger charge is -2.24. The van der Waals surface area contributed by atoms with Crippen LogP contribution in [0, 0.1) is 5.92 Å². The van der Waals surface area contributed by atoms with Crippen molar-refractivity contribution in [3.63, 3.8) is 0 Å². The smallest absolute Gasteiger partial charge is 0.107 e. The first-order valence-electron chi connectivity index (χ1n) is 6.08. The summed E-state index contributed by atoms with van der Waals surface area (Å²) in [4.78, 5) is 7.33. The van der Waals surface area contributed by atoms with Gasteiger partial charge in [0.2, 0.25) is 0 Å². The summed E-state index contributed by atoms with van der Waals surface area (Å²) in [5, 5.41) is 0. The molecule has 0 aliphatic heterocycles. The van der Waals surface area contributed by atoms with Gasteiger partial charge in [0.1, 0.15) is 5.82 Å². The van der Waals surface area contributed by atoms with Crippen LogP contribution in [0.25, 0.3) is 0 Å². The molecule has 1 aliphatic carbocycles. The third-order valence-electron chi connectivity index (χ3n) is 3.37. The van der Waals surface area contributed by atoms with Crippen LogP contribution in [-0.2, 0) is 6.42 Å². The maximum absolute atomic E-state index is 6.14. The maximum atomic E-state index is 6.14. The molecule has 1 saturated carbocycles. The molecule has 1 aromatic rings. The minimum absolute atomic E-state index is 0.277. The first-order valence-corrected chi connectivity index (χ1v) is 6.08. The van der Waals surface area contributed by atoms with E-state index >= 15 is 0 Å². The van der Waals surface area contributed by atoms with Crippen molar-refractivity contribution in [2.24, 2.45) is 11.7 Å². The lowest BCUT2D eigenvalue weighted by Crippen LogP contribution is -2.27. The number of nitrogens with one attached hydrogen (secondary N) is 1. The molecule has 0 amide bonds. The van der Waals surface area contributed by atoms with Crippen molar-refractivity contribution in [2.75, 3.05) is 0 Å². The fraction of sp³-hybridized carbons (Fsp3) is 0.750. The number of rotatable bonds is 4. The molecular weight excluding hydrogens is 186 g/mol. The van der Waals surface area contributed by atoms with Crippen LogP contribution < -0.4 is 5.73 Å². The molecule has 84 valence electrons. The average molecular weight is 207 g/mol. The van der Waals surface area contributed by atoms with Gasteiger partial charge in [-0.25, -0.2) is 4.98 Å². The summed E-state index contributed by atoms with van der Waals surface area (Å²) in [7, 11) is 0. The van der Waals surface area contributed by atoms with Crippen LogP contribution in [0.1, 0.15) is 44.3 Å². The zero-order valence-electron chi connectivity index (χ0n) is 9.28. The Bertz CT molecular complexity index is 262. The number of hydrogen-bond donors (Lipinski definition) is 2. The largest absolute Gasteiger partial charge is 0.349 e. The van der Waals surface area contributed by atoms with Crippen LogP contribution >= 0.6 is 0 Å². The van der Waals surface area contributed by atoms with Crippen LogP contribution in [-0.4, -0.2) is 16.0 Å². The summed E-state index contributed by atoms with van der Waals surface area (Å²) in [6.07, 6.45) is 12.7. The monoisotopic (exact) mass is 207 g/mol. The molecule has 1 atom stereocenters. The van der Waals surface area contributed by atoms with Gasteiger partial charge < -0.3 is 10.7 Å². The van der Waals surface area contributed by atoms with Crippen molar-refractivity contribution in [2.45, 2.75) is 51.0 Å². The van der Waals surface area contributed by atoms with E-state index in [9.17, 15) is 0 Å². The van der Waals surface area contributed by atoms with Gasteiger partial charge in [-0.15, -0.1) is 0 Å². The molecule has 0 radical (unpaired) electrons. The summed E-state index contributed by atoms with van der Waals surface area (Å²) in [5.41, 5.74) is 6.14. The number of nitrogens with two attached hydrogens (primary N) is 1. The maximum Gasteiger partial charge on any atom is 0.107 e. The first-order chi connectivity index (χ1) is 7.34. The second-order valence-corrected chi connectivity index (χ2v) is 4.74. The average Bonchev–Trinajstić information content (AvgIpc) is 2.71. The predicted molar refractivity (Wildman–Crippen MR) is 61.5 cm³/mol. The Morgan fingerprint density at radius 3 is 2.87 bits per heavy atom. The number of hydrogen-bond acceptors (Lipinski definition) is 2. The molecule has 2 rings (SSSR count). The van der Waals surface area contributed by atoms with Gasteiger partial charge in [-0.3, -0.25) is 0 Å². The second kappa shape index (κ2) is 5.31. The Hall–Kier alpha value is -0.830. The fourth-order valence-electron chi connectivity index (χ4n) is 2.59. The van der Waals surface area contributed by atoms with E-state index < -0.39 is 0 Å². The highest BCUT2D eigenvalue weighted by molar-refractivity contribution is 4.90. The van der Waals surface area contributed by atoms with E-state index in [-0.39, 0.29) is 6.04 Å². The number of imidazole rings is 1. The molecule has 0 spiro atoms. The van der Waals surface area contributed by atoms with Crippen LogP contribution in [0.15, 0.2) is 12.4 Å². The summed E-state index contributed by atoms with van der Waals surface area (Å²) in [5.74, 6) is 1.89. The quantitative estimate of drug-likeness (QED) is 0.795. The SMILES string of the molecule is NC(Cc1ncc[nH]1)CC1CCCCC1. The van der Waals surface area contributed by atoms with Gasteiger partial charge in [0, 0.05) is 24.9 Å². The Balaban J connectivity index is 1.74. The molecule has 0 aromatic carbocycles. The van der Waals surface area contributed by atoms with E-state index in [1.165, 1.54) is 38.5 Å². The van der Waals surface area contributed by atoms with Gasteiger partial charge >= 0.3 is 0 Å². The van der Waals surface area contributed by atoms with Gasteiger partial charge in [-0.2, -0.15) is 0 Å². The molecule has 3 heteroatoms. The lowest BCUT2D eigenvalue weighted by atomic mass is 9.84. The summed E-state index contributed by atoms with van der Waals surface area (Å²) in [6, 6.07) is 0.277. The Labute approximate surface area is 91.5 Å². The van der Waals surface area contributed by atoms with Crippen LogP contribution in [0.4, 0.5) is 0 Å². The van der Waals surface area contributed by atoms with Crippen LogP contribution in [0.3, 0.4) is 0 Å². The molecule has 1 aliphatic rings. The molecule has 0 saturated heterocycles.